The third-order valence-electron chi connectivity index (χ3n) is 6.63. The maximum atomic E-state index is 4.73. The van der Waals surface area contributed by atoms with Crippen LogP contribution >= 0.6 is 0 Å². The van der Waals surface area contributed by atoms with Gasteiger partial charge in [0.05, 0.1) is 11.4 Å². The van der Waals surface area contributed by atoms with Gasteiger partial charge in [0.25, 0.3) is 0 Å². The number of pyridine rings is 2. The number of anilines is 6. The first-order valence-corrected chi connectivity index (χ1v) is 10.5. The molecule has 0 bridgehead atoms. The van der Waals surface area contributed by atoms with Crippen LogP contribution < -0.4 is 19.6 Å². The lowest BCUT2D eigenvalue weighted by Crippen LogP contribution is -2.37. The zero-order valence-electron chi connectivity index (χ0n) is 18.5. The van der Waals surface area contributed by atoms with Crippen LogP contribution in [0.5, 0.6) is 0 Å². The first-order valence-electron chi connectivity index (χ1n) is 10.5. The van der Waals surface area contributed by atoms with E-state index in [1.807, 2.05) is 24.5 Å². The lowest BCUT2D eigenvalue weighted by Gasteiger charge is -2.33. The van der Waals surface area contributed by atoms with Crippen molar-refractivity contribution in [1.82, 2.24) is 9.97 Å². The van der Waals surface area contributed by atoms with Crippen molar-refractivity contribution in [3.63, 3.8) is 0 Å². The Morgan fingerprint density at radius 2 is 1.13 bits per heavy atom. The van der Waals surface area contributed by atoms with Gasteiger partial charge in [-0.05, 0) is 75.2 Å². The SMILES string of the molecule is Cc1cc(N2c3ncccc3N(C)[C@H]2C)c(C)c(N2c3ncccc3N(C)[C@@H]2C)c1. The minimum absolute atomic E-state index is 0.187. The predicted octanol–water partition coefficient (Wildman–Crippen LogP) is 4.96. The van der Waals surface area contributed by atoms with Crippen molar-refractivity contribution in [2.45, 2.75) is 40.0 Å². The fourth-order valence-electron chi connectivity index (χ4n) is 4.75. The summed E-state index contributed by atoms with van der Waals surface area (Å²) in [6.07, 6.45) is 4.13. The highest BCUT2D eigenvalue weighted by atomic mass is 15.4. The van der Waals surface area contributed by atoms with E-state index in [4.69, 9.17) is 9.97 Å². The van der Waals surface area contributed by atoms with Gasteiger partial charge in [0.15, 0.2) is 11.6 Å². The zero-order chi connectivity index (χ0) is 21.2. The number of nitrogens with zero attached hydrogens (tertiary/aromatic N) is 6. The molecule has 2 aliphatic heterocycles. The van der Waals surface area contributed by atoms with Gasteiger partial charge in [-0.15, -0.1) is 0 Å². The summed E-state index contributed by atoms with van der Waals surface area (Å²) in [5.74, 6) is 2.02. The van der Waals surface area contributed by atoms with Crippen LogP contribution in [0.1, 0.15) is 25.0 Å². The molecule has 0 aliphatic carbocycles. The summed E-state index contributed by atoms with van der Waals surface area (Å²) in [4.78, 5) is 18.7. The number of benzene rings is 1. The molecule has 30 heavy (non-hydrogen) atoms. The van der Waals surface area contributed by atoms with Crippen LogP contribution in [0.25, 0.3) is 0 Å². The van der Waals surface area contributed by atoms with E-state index in [2.05, 4.69) is 85.7 Å². The molecule has 6 nitrogen and oxygen atoms in total. The van der Waals surface area contributed by atoms with Crippen molar-refractivity contribution in [3.05, 3.63) is 59.9 Å². The highest BCUT2D eigenvalue weighted by molar-refractivity contribution is 5.87. The molecule has 0 radical (unpaired) electrons. The molecule has 1 aromatic carbocycles. The van der Waals surface area contributed by atoms with Gasteiger partial charge >= 0.3 is 0 Å². The van der Waals surface area contributed by atoms with Crippen molar-refractivity contribution in [2.75, 3.05) is 33.7 Å². The summed E-state index contributed by atoms with van der Waals surface area (Å²) in [6, 6.07) is 12.8. The molecule has 4 heterocycles. The highest BCUT2D eigenvalue weighted by Crippen LogP contribution is 2.48. The third-order valence-corrected chi connectivity index (χ3v) is 6.63. The molecule has 0 saturated heterocycles. The summed E-state index contributed by atoms with van der Waals surface area (Å²) >= 11 is 0. The average Bonchev–Trinajstić information content (AvgIpc) is 3.15. The second-order valence-corrected chi connectivity index (χ2v) is 8.35. The first-order chi connectivity index (χ1) is 14.4. The summed E-state index contributed by atoms with van der Waals surface area (Å²) in [5, 5.41) is 0. The molecule has 2 aliphatic rings. The Morgan fingerprint density at radius 1 is 0.700 bits per heavy atom. The Kier molecular flexibility index (Phi) is 4.13. The quantitative estimate of drug-likeness (QED) is 0.605. The van der Waals surface area contributed by atoms with Gasteiger partial charge in [-0.3, -0.25) is 0 Å². The van der Waals surface area contributed by atoms with E-state index < -0.39 is 0 Å². The molecule has 0 amide bonds. The Bertz CT molecular complexity index is 1040. The van der Waals surface area contributed by atoms with Gasteiger partial charge in [0.2, 0.25) is 0 Å². The number of aryl methyl sites for hydroxylation is 1. The van der Waals surface area contributed by atoms with Crippen LogP contribution in [-0.2, 0) is 0 Å². The predicted molar refractivity (Wildman–Crippen MR) is 124 cm³/mol. The van der Waals surface area contributed by atoms with Crippen molar-refractivity contribution < 1.29 is 0 Å². The smallest absolute Gasteiger partial charge is 0.158 e. The molecule has 6 heteroatoms. The second kappa shape index (κ2) is 6.62. The lowest BCUT2D eigenvalue weighted by atomic mass is 10.1. The van der Waals surface area contributed by atoms with Gasteiger partial charge in [-0.25, -0.2) is 9.97 Å². The molecule has 2 aromatic heterocycles. The molecule has 0 unspecified atom stereocenters. The fourth-order valence-corrected chi connectivity index (χ4v) is 4.75. The molecule has 5 rings (SSSR count). The van der Waals surface area contributed by atoms with Crippen LogP contribution in [0.3, 0.4) is 0 Å². The molecule has 0 fully saturated rings. The van der Waals surface area contributed by atoms with Crippen molar-refractivity contribution in [2.24, 2.45) is 0 Å². The zero-order valence-corrected chi connectivity index (χ0v) is 18.5. The van der Waals surface area contributed by atoms with Crippen molar-refractivity contribution in [3.8, 4) is 0 Å². The van der Waals surface area contributed by atoms with Crippen molar-refractivity contribution >= 4 is 34.4 Å². The molecular weight excluding hydrogens is 372 g/mol. The summed E-state index contributed by atoms with van der Waals surface area (Å²) in [5.41, 5.74) is 7.17. The van der Waals surface area contributed by atoms with E-state index in [1.165, 1.54) is 22.5 Å². The topological polar surface area (TPSA) is 38.7 Å². The van der Waals surface area contributed by atoms with Crippen LogP contribution in [-0.4, -0.2) is 36.4 Å². The molecule has 0 N–H and O–H groups in total. The first kappa shape index (κ1) is 18.7. The number of hydrogen-bond donors (Lipinski definition) is 0. The van der Waals surface area contributed by atoms with Gasteiger partial charge in [-0.1, -0.05) is 0 Å². The van der Waals surface area contributed by atoms with E-state index in [1.54, 1.807) is 0 Å². The lowest BCUT2D eigenvalue weighted by molar-refractivity contribution is 0.721. The standard InChI is InChI=1S/C24H28N6/c1-15-13-21(29-17(3)27(5)19-9-7-11-25-23(19)29)16(2)22(14-15)30-18(4)28(6)20-10-8-12-26-24(20)30/h7-14,17-18H,1-6H3/t17-,18+. The molecule has 0 saturated carbocycles. The maximum absolute atomic E-state index is 4.73. The Morgan fingerprint density at radius 3 is 1.57 bits per heavy atom. The number of aromatic nitrogens is 2. The summed E-state index contributed by atoms with van der Waals surface area (Å²) < 4.78 is 0. The highest BCUT2D eigenvalue weighted by Gasteiger charge is 2.37. The van der Waals surface area contributed by atoms with Crippen LogP contribution in [0, 0.1) is 13.8 Å². The van der Waals surface area contributed by atoms with Crippen molar-refractivity contribution in [1.29, 1.82) is 0 Å². The molecule has 2 atom stereocenters. The van der Waals surface area contributed by atoms with Gasteiger partial charge in [0.1, 0.15) is 12.3 Å². The number of hydrogen-bond acceptors (Lipinski definition) is 6. The van der Waals surface area contributed by atoms with E-state index in [9.17, 15) is 0 Å². The summed E-state index contributed by atoms with van der Waals surface area (Å²) in [6.45, 7) is 8.84. The van der Waals surface area contributed by atoms with Crippen LogP contribution in [0.15, 0.2) is 48.8 Å². The Balaban J connectivity index is 1.69. The van der Waals surface area contributed by atoms with Crippen LogP contribution in [0.4, 0.5) is 34.4 Å². The normalized spacial score (nSPS) is 20.1. The monoisotopic (exact) mass is 400 g/mol. The molecule has 3 aromatic rings. The molecule has 154 valence electrons. The average molecular weight is 401 g/mol. The number of rotatable bonds is 2. The second-order valence-electron chi connectivity index (χ2n) is 8.35. The van der Waals surface area contributed by atoms with E-state index >= 15 is 0 Å². The summed E-state index contributed by atoms with van der Waals surface area (Å²) in [7, 11) is 4.27. The van der Waals surface area contributed by atoms with Crippen LogP contribution in [0.2, 0.25) is 0 Å². The minimum atomic E-state index is 0.187. The molecular formula is C24H28N6. The largest absolute Gasteiger partial charge is 0.351 e. The fraction of sp³-hybridized carbons (Fsp3) is 0.333. The Labute approximate surface area is 178 Å². The molecule has 0 spiro atoms. The maximum Gasteiger partial charge on any atom is 0.158 e. The third kappa shape index (κ3) is 2.49. The van der Waals surface area contributed by atoms with Gasteiger partial charge in [0, 0.05) is 37.9 Å². The van der Waals surface area contributed by atoms with E-state index in [0.29, 0.717) is 0 Å². The van der Waals surface area contributed by atoms with E-state index in [-0.39, 0.29) is 12.3 Å². The van der Waals surface area contributed by atoms with Gasteiger partial charge < -0.3 is 19.6 Å². The van der Waals surface area contributed by atoms with E-state index in [0.717, 1.165) is 23.0 Å². The van der Waals surface area contributed by atoms with Gasteiger partial charge in [-0.2, -0.15) is 0 Å². The minimum Gasteiger partial charge on any atom is -0.351 e. The number of fused-ring (bicyclic) bond motifs is 2. The Hall–Kier alpha value is -3.28.